The molecular formula is C32H42N4O7S2. The first-order chi connectivity index (χ1) is 21.1. The number of hydrogen-bond donors (Lipinski definition) is 7. The highest BCUT2D eigenvalue weighted by molar-refractivity contribution is 7.87. The molecule has 0 atom stereocenters. The maximum Gasteiger partial charge on any atom is 0.296 e. The van der Waals surface area contributed by atoms with Gasteiger partial charge in [0.15, 0.2) is 0 Å². The summed E-state index contributed by atoms with van der Waals surface area (Å²) in [6, 6.07) is 14.4. The third-order valence-electron chi connectivity index (χ3n) is 7.41. The number of aromatic hydroxyl groups is 1. The van der Waals surface area contributed by atoms with E-state index in [0.29, 0.717) is 17.4 Å². The summed E-state index contributed by atoms with van der Waals surface area (Å²) in [5, 5.41) is 10.2. The van der Waals surface area contributed by atoms with Crippen LogP contribution in [0.15, 0.2) is 64.4 Å². The zero-order valence-corrected chi connectivity index (χ0v) is 27.5. The number of nitrogen functional groups attached to an aromatic ring is 2. The predicted octanol–water partition coefficient (Wildman–Crippen LogP) is 7.29. The minimum Gasteiger partial charge on any atom is -0.505 e. The van der Waals surface area contributed by atoms with Crippen molar-refractivity contribution in [1.29, 1.82) is 0 Å². The lowest BCUT2D eigenvalue weighted by atomic mass is 10.0. The zero-order valence-electron chi connectivity index (χ0n) is 25.9. The van der Waals surface area contributed by atoms with Crippen LogP contribution in [0.1, 0.15) is 63.5 Å². The molecule has 9 N–H and O–H groups in total. The van der Waals surface area contributed by atoms with Gasteiger partial charge in [0.2, 0.25) is 0 Å². The number of hydrogen-bond acceptors (Lipinski definition) is 9. The molecule has 45 heavy (non-hydrogen) atoms. The van der Waals surface area contributed by atoms with E-state index in [1.54, 1.807) is 0 Å². The Labute approximate surface area is 265 Å². The SMILES string of the molecule is CCCCCCCC.Cc1cc(-c2ccc(NNc3ccc4c(S(=O)(=O)O)cc(S(=O)(=O)O)c(N)c4c3O)c(C)c2)ccc1N. The van der Waals surface area contributed by atoms with Gasteiger partial charge in [0.05, 0.1) is 22.4 Å². The lowest BCUT2D eigenvalue weighted by Crippen LogP contribution is -2.11. The normalized spacial score (nSPS) is 11.6. The van der Waals surface area contributed by atoms with Gasteiger partial charge in [-0.15, -0.1) is 0 Å². The smallest absolute Gasteiger partial charge is 0.296 e. The molecule has 0 unspecified atom stereocenters. The minimum absolute atomic E-state index is 0.0191. The molecule has 4 aromatic rings. The summed E-state index contributed by atoms with van der Waals surface area (Å²) in [6.45, 7) is 8.30. The topological polar surface area (TPSA) is 205 Å². The number of hydrazine groups is 1. The third kappa shape index (κ3) is 8.78. The van der Waals surface area contributed by atoms with Crippen LogP contribution in [0.3, 0.4) is 0 Å². The number of anilines is 4. The van der Waals surface area contributed by atoms with Gasteiger partial charge in [0.1, 0.15) is 15.5 Å². The molecule has 0 amide bonds. The van der Waals surface area contributed by atoms with E-state index in [0.717, 1.165) is 22.3 Å². The number of phenols is 1. The second kappa shape index (κ2) is 14.8. The molecule has 4 rings (SSSR count). The van der Waals surface area contributed by atoms with E-state index in [9.17, 15) is 31.0 Å². The number of fused-ring (bicyclic) bond motifs is 1. The summed E-state index contributed by atoms with van der Waals surface area (Å²) in [5.74, 6) is -0.607. The van der Waals surface area contributed by atoms with E-state index in [1.165, 1.54) is 50.7 Å². The molecule has 0 fully saturated rings. The average Bonchev–Trinajstić information content (AvgIpc) is 2.96. The van der Waals surface area contributed by atoms with Crippen molar-refractivity contribution in [3.05, 3.63) is 65.7 Å². The van der Waals surface area contributed by atoms with Crippen LogP contribution in [0.2, 0.25) is 0 Å². The number of rotatable bonds is 11. The fraction of sp³-hybridized carbons (Fsp3) is 0.312. The van der Waals surface area contributed by atoms with Gasteiger partial charge >= 0.3 is 0 Å². The van der Waals surface area contributed by atoms with Crippen LogP contribution in [-0.2, 0) is 20.2 Å². The van der Waals surface area contributed by atoms with Gasteiger partial charge < -0.3 is 22.0 Å². The molecule has 0 saturated carbocycles. The van der Waals surface area contributed by atoms with Crippen molar-refractivity contribution in [3.63, 3.8) is 0 Å². The highest BCUT2D eigenvalue weighted by atomic mass is 32.2. The minimum atomic E-state index is -4.99. The van der Waals surface area contributed by atoms with Gasteiger partial charge in [-0.2, -0.15) is 16.8 Å². The van der Waals surface area contributed by atoms with Crippen molar-refractivity contribution in [1.82, 2.24) is 0 Å². The Morgan fingerprint density at radius 3 is 1.69 bits per heavy atom. The first-order valence-corrected chi connectivity index (χ1v) is 17.5. The molecule has 0 saturated heterocycles. The molecule has 0 aliphatic carbocycles. The largest absolute Gasteiger partial charge is 0.505 e. The van der Waals surface area contributed by atoms with Gasteiger partial charge in [-0.1, -0.05) is 70.6 Å². The van der Waals surface area contributed by atoms with Gasteiger partial charge in [-0.3, -0.25) is 14.5 Å². The first-order valence-electron chi connectivity index (χ1n) is 14.6. The van der Waals surface area contributed by atoms with Crippen LogP contribution in [0, 0.1) is 13.8 Å². The maximum absolute atomic E-state index is 11.9. The summed E-state index contributed by atoms with van der Waals surface area (Å²) in [4.78, 5) is -1.82. The number of benzene rings is 4. The second-order valence-corrected chi connectivity index (χ2v) is 13.7. The fourth-order valence-electron chi connectivity index (χ4n) is 4.82. The van der Waals surface area contributed by atoms with E-state index < -0.39 is 41.5 Å². The van der Waals surface area contributed by atoms with Crippen LogP contribution in [-0.4, -0.2) is 31.0 Å². The van der Waals surface area contributed by atoms with Gasteiger partial charge in [0.25, 0.3) is 20.2 Å². The molecule has 13 heteroatoms. The van der Waals surface area contributed by atoms with Crippen LogP contribution in [0.25, 0.3) is 21.9 Å². The van der Waals surface area contributed by atoms with Gasteiger partial charge in [-0.05, 0) is 72.5 Å². The van der Waals surface area contributed by atoms with Crippen LogP contribution in [0.5, 0.6) is 5.75 Å². The van der Waals surface area contributed by atoms with Crippen molar-refractivity contribution < 1.29 is 31.0 Å². The first kappa shape index (κ1) is 35.4. The molecule has 0 aliphatic rings. The van der Waals surface area contributed by atoms with E-state index in [-0.39, 0.29) is 16.5 Å². The van der Waals surface area contributed by atoms with Crippen LogP contribution < -0.4 is 22.3 Å². The zero-order chi connectivity index (χ0) is 33.5. The molecular weight excluding hydrogens is 617 g/mol. The summed E-state index contributed by atoms with van der Waals surface area (Å²) in [5.41, 5.74) is 22.0. The quantitative estimate of drug-likeness (QED) is 0.0280. The Morgan fingerprint density at radius 2 is 1.18 bits per heavy atom. The molecule has 4 aromatic carbocycles. The van der Waals surface area contributed by atoms with E-state index in [1.807, 2.05) is 50.2 Å². The fourth-order valence-corrected chi connectivity index (χ4v) is 6.26. The number of aryl methyl sites for hydroxylation is 2. The Hall–Kier alpha value is -4.04. The summed E-state index contributed by atoms with van der Waals surface area (Å²) < 4.78 is 66.4. The van der Waals surface area contributed by atoms with Crippen LogP contribution in [0.4, 0.5) is 22.7 Å². The molecule has 244 valence electrons. The molecule has 0 aromatic heterocycles. The third-order valence-corrected chi connectivity index (χ3v) is 9.20. The second-order valence-electron chi connectivity index (χ2n) is 10.9. The molecule has 0 heterocycles. The Balaban J connectivity index is 0.000000610. The van der Waals surface area contributed by atoms with Crippen molar-refractivity contribution >= 4 is 53.8 Å². The summed E-state index contributed by atoms with van der Waals surface area (Å²) in [6.07, 6.45) is 8.49. The van der Waals surface area contributed by atoms with Gasteiger partial charge in [-0.25, -0.2) is 0 Å². The Kier molecular flexibility index (Phi) is 11.7. The van der Waals surface area contributed by atoms with Crippen molar-refractivity contribution in [2.45, 2.75) is 76.0 Å². The van der Waals surface area contributed by atoms with Crippen molar-refractivity contribution in [2.24, 2.45) is 0 Å². The summed E-state index contributed by atoms with van der Waals surface area (Å²) >= 11 is 0. The van der Waals surface area contributed by atoms with Crippen molar-refractivity contribution in [3.8, 4) is 16.9 Å². The lowest BCUT2D eigenvalue weighted by molar-refractivity contribution is 0.481. The summed E-state index contributed by atoms with van der Waals surface area (Å²) in [7, 11) is -9.92. The molecule has 0 bridgehead atoms. The lowest BCUT2D eigenvalue weighted by Gasteiger charge is -2.17. The highest BCUT2D eigenvalue weighted by Crippen LogP contribution is 2.42. The number of phenolic OH excluding ortho intramolecular Hbond substituents is 1. The van der Waals surface area contributed by atoms with E-state index >= 15 is 0 Å². The number of nitrogens with two attached hydrogens (primary N) is 2. The standard InChI is InChI=1S/C24H24N4O7S2.C8H18/c1-12-9-14(3-6-17(12)25)15-4-7-18(13(2)10-15)27-28-19-8-5-16-20(36(30,31)32)11-21(37(33,34)35)23(26)22(16)24(19)29;1-3-5-7-8-6-4-2/h3-11,27-29H,25-26H2,1-2H3,(H,30,31,32)(H,33,34,35);3-8H2,1-2H3. The molecule has 0 spiro atoms. The maximum atomic E-state index is 11.9. The van der Waals surface area contributed by atoms with Crippen molar-refractivity contribution in [2.75, 3.05) is 22.3 Å². The Morgan fingerprint density at radius 1 is 0.667 bits per heavy atom. The monoisotopic (exact) mass is 658 g/mol. The van der Waals surface area contributed by atoms with E-state index in [2.05, 4.69) is 24.7 Å². The molecule has 11 nitrogen and oxygen atoms in total. The number of nitrogens with one attached hydrogen (secondary N) is 2. The van der Waals surface area contributed by atoms with Crippen LogP contribution >= 0.6 is 0 Å². The predicted molar refractivity (Wildman–Crippen MR) is 182 cm³/mol. The Bertz CT molecular complexity index is 1890. The highest BCUT2D eigenvalue weighted by Gasteiger charge is 2.26. The number of unbranched alkanes of at least 4 members (excludes halogenated alkanes) is 5. The average molecular weight is 659 g/mol. The van der Waals surface area contributed by atoms with Gasteiger partial charge in [0, 0.05) is 11.1 Å². The van der Waals surface area contributed by atoms with E-state index in [4.69, 9.17) is 11.5 Å². The molecule has 0 aliphatic heterocycles. The molecule has 0 radical (unpaired) electrons.